The normalized spacial score (nSPS) is 44.3. The molecule has 18 heavy (non-hydrogen) atoms. The van der Waals surface area contributed by atoms with Gasteiger partial charge in [-0.05, 0) is 56.9 Å². The highest BCUT2D eigenvalue weighted by Crippen LogP contribution is 2.57. The molecular weight excluding hydrogens is 228 g/mol. The van der Waals surface area contributed by atoms with Crippen molar-refractivity contribution < 1.29 is 15.3 Å². The molecule has 0 aliphatic heterocycles. The Morgan fingerprint density at radius 3 is 2.72 bits per heavy atom. The van der Waals surface area contributed by atoms with E-state index in [1.54, 1.807) is 6.92 Å². The summed E-state index contributed by atoms with van der Waals surface area (Å²) in [6.45, 7) is 7.61. The molecule has 0 aromatic heterocycles. The lowest BCUT2D eigenvalue weighted by atomic mass is 9.52. The molecule has 0 aromatic rings. The Hall–Kier alpha value is -0.380. The van der Waals surface area contributed by atoms with Crippen LogP contribution in [0.2, 0.25) is 0 Å². The Labute approximate surface area is 110 Å². The van der Waals surface area contributed by atoms with Gasteiger partial charge < -0.3 is 15.3 Å². The molecule has 3 heteroatoms. The molecule has 0 aromatic carbocycles. The average Bonchev–Trinajstić information content (AvgIpc) is 2.31. The maximum Gasteiger partial charge on any atom is 0.0911 e. The first kappa shape index (κ1) is 14.0. The van der Waals surface area contributed by atoms with Crippen LogP contribution in [0.3, 0.4) is 0 Å². The van der Waals surface area contributed by atoms with Crippen molar-refractivity contribution in [3.8, 4) is 0 Å². The summed E-state index contributed by atoms with van der Waals surface area (Å²) < 4.78 is 0. The molecule has 0 saturated heterocycles. The van der Waals surface area contributed by atoms with Crippen LogP contribution in [0.4, 0.5) is 0 Å². The fourth-order valence-electron chi connectivity index (χ4n) is 3.87. The van der Waals surface area contributed by atoms with Crippen molar-refractivity contribution in [3.63, 3.8) is 0 Å². The standard InChI is InChI=1S/C15H26O3/c1-11-5-4-7-13(2)8-6-12(9-15(11,13)18)14(3,17)10-16/h12,16-18H,1,4-10H2,2-3H3/t12-,13-,14-,15+/m1/s1. The minimum absolute atomic E-state index is 0.0598. The van der Waals surface area contributed by atoms with Crippen LogP contribution in [0.25, 0.3) is 0 Å². The molecular formula is C15H26O3. The molecule has 0 radical (unpaired) electrons. The van der Waals surface area contributed by atoms with Crippen molar-refractivity contribution in [1.29, 1.82) is 0 Å². The minimum atomic E-state index is -1.10. The third kappa shape index (κ3) is 1.93. The van der Waals surface area contributed by atoms with Crippen molar-refractivity contribution in [2.45, 2.75) is 63.6 Å². The Kier molecular flexibility index (Phi) is 3.37. The summed E-state index contributed by atoms with van der Waals surface area (Å²) in [7, 11) is 0. The zero-order valence-corrected chi connectivity index (χ0v) is 11.6. The molecule has 0 bridgehead atoms. The fraction of sp³-hybridized carbons (Fsp3) is 0.867. The van der Waals surface area contributed by atoms with Gasteiger partial charge in [-0.2, -0.15) is 0 Å². The summed E-state index contributed by atoms with van der Waals surface area (Å²) >= 11 is 0. The molecule has 3 nitrogen and oxygen atoms in total. The van der Waals surface area contributed by atoms with Gasteiger partial charge in [0.25, 0.3) is 0 Å². The first-order valence-corrected chi connectivity index (χ1v) is 6.99. The quantitative estimate of drug-likeness (QED) is 0.661. The predicted octanol–water partition coefficient (Wildman–Crippen LogP) is 2.01. The van der Waals surface area contributed by atoms with Gasteiger partial charge in [-0.3, -0.25) is 0 Å². The largest absolute Gasteiger partial charge is 0.393 e. The van der Waals surface area contributed by atoms with Crippen LogP contribution in [0.15, 0.2) is 12.2 Å². The second kappa shape index (κ2) is 4.32. The SMILES string of the molecule is C=C1CCC[C@]2(C)CC[C@@H]([C@](C)(O)CO)C[C@]12O. The number of hydrogen-bond acceptors (Lipinski definition) is 3. The first-order chi connectivity index (χ1) is 8.25. The highest BCUT2D eigenvalue weighted by atomic mass is 16.3. The van der Waals surface area contributed by atoms with Crippen LogP contribution in [-0.2, 0) is 0 Å². The first-order valence-electron chi connectivity index (χ1n) is 6.99. The molecule has 3 N–H and O–H groups in total. The molecule has 2 aliphatic carbocycles. The second-order valence-corrected chi connectivity index (χ2v) is 6.83. The highest BCUT2D eigenvalue weighted by molar-refractivity contribution is 5.24. The topological polar surface area (TPSA) is 60.7 Å². The predicted molar refractivity (Wildman–Crippen MR) is 71.1 cm³/mol. The van der Waals surface area contributed by atoms with Gasteiger partial charge in [-0.25, -0.2) is 0 Å². The van der Waals surface area contributed by atoms with Crippen molar-refractivity contribution in [3.05, 3.63) is 12.2 Å². The molecule has 2 saturated carbocycles. The van der Waals surface area contributed by atoms with Crippen LogP contribution < -0.4 is 0 Å². The average molecular weight is 254 g/mol. The van der Waals surface area contributed by atoms with Crippen LogP contribution in [-0.4, -0.2) is 33.1 Å². The van der Waals surface area contributed by atoms with E-state index >= 15 is 0 Å². The van der Waals surface area contributed by atoms with Gasteiger partial charge in [0, 0.05) is 5.41 Å². The molecule has 0 amide bonds. The Morgan fingerprint density at radius 1 is 1.44 bits per heavy atom. The van der Waals surface area contributed by atoms with E-state index < -0.39 is 11.2 Å². The second-order valence-electron chi connectivity index (χ2n) is 6.83. The monoisotopic (exact) mass is 254 g/mol. The van der Waals surface area contributed by atoms with E-state index in [0.29, 0.717) is 6.42 Å². The molecule has 4 atom stereocenters. The van der Waals surface area contributed by atoms with Gasteiger partial charge >= 0.3 is 0 Å². The van der Waals surface area contributed by atoms with E-state index in [0.717, 1.165) is 37.7 Å². The van der Waals surface area contributed by atoms with Gasteiger partial charge in [-0.15, -0.1) is 0 Å². The highest BCUT2D eigenvalue weighted by Gasteiger charge is 2.56. The third-order valence-electron chi connectivity index (χ3n) is 5.58. The zero-order chi connectivity index (χ0) is 13.6. The molecule has 2 fully saturated rings. The van der Waals surface area contributed by atoms with E-state index in [1.165, 1.54) is 0 Å². The summed E-state index contributed by atoms with van der Waals surface area (Å²) in [5, 5.41) is 30.6. The van der Waals surface area contributed by atoms with Gasteiger partial charge in [0.15, 0.2) is 0 Å². The number of rotatable bonds is 2. The third-order valence-corrected chi connectivity index (χ3v) is 5.58. The molecule has 104 valence electrons. The molecule has 2 aliphatic rings. The minimum Gasteiger partial charge on any atom is -0.393 e. The molecule has 0 heterocycles. The summed E-state index contributed by atoms with van der Waals surface area (Å²) in [4.78, 5) is 0. The van der Waals surface area contributed by atoms with E-state index in [1.807, 2.05) is 0 Å². The summed E-state index contributed by atoms with van der Waals surface area (Å²) in [6.07, 6.45) is 5.27. The lowest BCUT2D eigenvalue weighted by Crippen LogP contribution is -2.57. The van der Waals surface area contributed by atoms with Crippen molar-refractivity contribution in [2.24, 2.45) is 11.3 Å². The lowest BCUT2D eigenvalue weighted by molar-refractivity contribution is -0.152. The van der Waals surface area contributed by atoms with Gasteiger partial charge in [0.2, 0.25) is 0 Å². The van der Waals surface area contributed by atoms with E-state index in [2.05, 4.69) is 13.5 Å². The Balaban J connectivity index is 2.27. The number of aliphatic hydroxyl groups is 3. The number of fused-ring (bicyclic) bond motifs is 1. The van der Waals surface area contributed by atoms with Crippen molar-refractivity contribution >= 4 is 0 Å². The number of hydrogen-bond donors (Lipinski definition) is 3. The van der Waals surface area contributed by atoms with Crippen LogP contribution in [0, 0.1) is 11.3 Å². The Bertz CT molecular complexity index is 350. The summed E-state index contributed by atoms with van der Waals surface area (Å²) in [5.41, 5.74) is -1.17. The summed E-state index contributed by atoms with van der Waals surface area (Å²) in [6, 6.07) is 0. The molecule has 0 spiro atoms. The lowest BCUT2D eigenvalue weighted by Gasteiger charge is -2.56. The fourth-order valence-corrected chi connectivity index (χ4v) is 3.87. The van der Waals surface area contributed by atoms with Crippen molar-refractivity contribution in [2.75, 3.05) is 6.61 Å². The van der Waals surface area contributed by atoms with Gasteiger partial charge in [0.05, 0.1) is 17.8 Å². The van der Waals surface area contributed by atoms with Crippen LogP contribution in [0.5, 0.6) is 0 Å². The van der Waals surface area contributed by atoms with Gasteiger partial charge in [0.1, 0.15) is 0 Å². The Morgan fingerprint density at radius 2 is 2.11 bits per heavy atom. The smallest absolute Gasteiger partial charge is 0.0911 e. The van der Waals surface area contributed by atoms with Gasteiger partial charge in [-0.1, -0.05) is 13.5 Å². The summed E-state index contributed by atoms with van der Waals surface area (Å²) in [5.74, 6) is -0.0598. The number of aliphatic hydroxyl groups excluding tert-OH is 1. The molecule has 0 unspecified atom stereocenters. The van der Waals surface area contributed by atoms with Crippen molar-refractivity contribution in [1.82, 2.24) is 0 Å². The zero-order valence-electron chi connectivity index (χ0n) is 11.6. The van der Waals surface area contributed by atoms with E-state index in [-0.39, 0.29) is 17.9 Å². The van der Waals surface area contributed by atoms with E-state index in [4.69, 9.17) is 0 Å². The molecule has 2 rings (SSSR count). The van der Waals surface area contributed by atoms with E-state index in [9.17, 15) is 15.3 Å². The maximum absolute atomic E-state index is 11.1. The van der Waals surface area contributed by atoms with Crippen LogP contribution in [0.1, 0.15) is 52.4 Å². The van der Waals surface area contributed by atoms with Crippen LogP contribution >= 0.6 is 0 Å². The maximum atomic E-state index is 11.1.